The number of hydrogen-bond donors (Lipinski definition) is 1. The lowest BCUT2D eigenvalue weighted by Crippen LogP contribution is -2.55. The fourth-order valence-corrected chi connectivity index (χ4v) is 7.37. The summed E-state index contributed by atoms with van der Waals surface area (Å²) in [6.07, 6.45) is 5.44. The van der Waals surface area contributed by atoms with Gasteiger partial charge in [-0.3, -0.25) is 14.7 Å². The highest BCUT2D eigenvalue weighted by Crippen LogP contribution is 2.37. The summed E-state index contributed by atoms with van der Waals surface area (Å²) in [7, 11) is 0. The van der Waals surface area contributed by atoms with E-state index in [1.54, 1.807) is 0 Å². The van der Waals surface area contributed by atoms with E-state index < -0.39 is 0 Å². The average molecular weight is 425 g/mol. The largest absolute Gasteiger partial charge is 0.314 e. The molecule has 3 fully saturated rings. The molecule has 0 bridgehead atoms. The van der Waals surface area contributed by atoms with Gasteiger partial charge in [-0.1, -0.05) is 0 Å². The second-order valence-electron chi connectivity index (χ2n) is 12.0. The van der Waals surface area contributed by atoms with Gasteiger partial charge in [0.25, 0.3) is 0 Å². The van der Waals surface area contributed by atoms with E-state index in [0.29, 0.717) is 16.6 Å². The molecule has 3 rings (SSSR count). The fourth-order valence-electron chi connectivity index (χ4n) is 5.67. The van der Waals surface area contributed by atoms with Crippen LogP contribution in [-0.4, -0.2) is 88.3 Å². The van der Waals surface area contributed by atoms with Gasteiger partial charge < -0.3 is 5.32 Å². The Morgan fingerprint density at radius 2 is 1.31 bits per heavy atom. The summed E-state index contributed by atoms with van der Waals surface area (Å²) in [4.78, 5) is 8.18. The molecule has 3 aliphatic rings. The molecular formula is C24H48N4S. The molecule has 0 radical (unpaired) electrons. The molecule has 0 aromatic heterocycles. The van der Waals surface area contributed by atoms with Crippen LogP contribution in [0.15, 0.2) is 0 Å². The van der Waals surface area contributed by atoms with Crippen molar-refractivity contribution in [1.82, 2.24) is 20.0 Å². The van der Waals surface area contributed by atoms with Crippen LogP contribution in [0.2, 0.25) is 0 Å². The standard InChI is InChI=1S/C24H48N4S/c1-22(2,3)28-18-21(29-19-28)17-24(6,7)26-12-8-20(9-13-26)16-23(4,5)27-14-10-25-11-15-27/h20-21,25H,8-19H2,1-7H3. The maximum Gasteiger partial charge on any atom is 0.0453 e. The summed E-state index contributed by atoms with van der Waals surface area (Å²) in [6, 6.07) is 0. The molecular weight excluding hydrogens is 376 g/mol. The van der Waals surface area contributed by atoms with Crippen LogP contribution in [0.5, 0.6) is 0 Å². The van der Waals surface area contributed by atoms with Crippen LogP contribution < -0.4 is 5.32 Å². The van der Waals surface area contributed by atoms with Gasteiger partial charge in [0, 0.05) is 60.5 Å². The van der Waals surface area contributed by atoms with Crippen LogP contribution in [0.4, 0.5) is 0 Å². The first-order valence-electron chi connectivity index (χ1n) is 12.0. The minimum atomic E-state index is 0.307. The highest BCUT2D eigenvalue weighted by atomic mass is 32.2. The Labute approximate surface area is 185 Å². The summed E-state index contributed by atoms with van der Waals surface area (Å²) in [6.45, 7) is 25.6. The third-order valence-electron chi connectivity index (χ3n) is 7.80. The highest BCUT2D eigenvalue weighted by molar-refractivity contribution is 8.00. The second kappa shape index (κ2) is 9.36. The smallest absolute Gasteiger partial charge is 0.0453 e. The molecule has 5 heteroatoms. The zero-order valence-corrected chi connectivity index (χ0v) is 21.2. The Balaban J connectivity index is 1.45. The molecule has 1 atom stereocenters. The molecule has 3 saturated heterocycles. The van der Waals surface area contributed by atoms with Crippen molar-refractivity contribution >= 4 is 11.8 Å². The van der Waals surface area contributed by atoms with Crippen LogP contribution in [-0.2, 0) is 0 Å². The Kier molecular flexibility index (Phi) is 7.70. The van der Waals surface area contributed by atoms with Gasteiger partial charge >= 0.3 is 0 Å². The molecule has 170 valence electrons. The minimum absolute atomic E-state index is 0.307. The number of nitrogens with zero attached hydrogens (tertiary/aromatic N) is 3. The minimum Gasteiger partial charge on any atom is -0.314 e. The first-order chi connectivity index (χ1) is 13.5. The van der Waals surface area contributed by atoms with Gasteiger partial charge in [0.2, 0.25) is 0 Å². The quantitative estimate of drug-likeness (QED) is 0.691. The maximum absolute atomic E-state index is 3.50. The van der Waals surface area contributed by atoms with Crippen molar-refractivity contribution in [2.75, 3.05) is 51.7 Å². The lowest BCUT2D eigenvalue weighted by molar-refractivity contribution is 0.0347. The molecule has 0 aromatic carbocycles. The predicted octanol–water partition coefficient (Wildman–Crippen LogP) is 4.11. The third kappa shape index (κ3) is 6.35. The first kappa shape index (κ1) is 23.8. The average Bonchev–Trinajstić information content (AvgIpc) is 3.11. The fraction of sp³-hybridized carbons (Fsp3) is 1.00. The number of hydrogen-bond acceptors (Lipinski definition) is 5. The molecule has 0 aromatic rings. The van der Waals surface area contributed by atoms with Gasteiger partial charge in [0.15, 0.2) is 0 Å². The number of piperidine rings is 1. The molecule has 1 unspecified atom stereocenters. The van der Waals surface area contributed by atoms with Crippen LogP contribution >= 0.6 is 11.8 Å². The topological polar surface area (TPSA) is 21.8 Å². The maximum atomic E-state index is 3.50. The third-order valence-corrected chi connectivity index (χ3v) is 9.05. The van der Waals surface area contributed by atoms with Gasteiger partial charge in [-0.25, -0.2) is 0 Å². The summed E-state index contributed by atoms with van der Waals surface area (Å²) in [5.74, 6) is 2.09. The summed E-state index contributed by atoms with van der Waals surface area (Å²) in [5, 5.41) is 4.29. The number of nitrogens with one attached hydrogen (secondary N) is 1. The number of piperazine rings is 1. The van der Waals surface area contributed by atoms with Crippen molar-refractivity contribution in [3.05, 3.63) is 0 Å². The second-order valence-corrected chi connectivity index (χ2v) is 13.3. The van der Waals surface area contributed by atoms with Crippen molar-refractivity contribution in [2.45, 2.75) is 96.0 Å². The van der Waals surface area contributed by atoms with Crippen LogP contribution in [0.25, 0.3) is 0 Å². The molecule has 0 amide bonds. The summed E-state index contributed by atoms with van der Waals surface area (Å²) >= 11 is 2.18. The van der Waals surface area contributed by atoms with Gasteiger partial charge in [-0.05, 0) is 93.2 Å². The molecule has 0 spiro atoms. The molecule has 4 nitrogen and oxygen atoms in total. The van der Waals surface area contributed by atoms with E-state index in [-0.39, 0.29) is 0 Å². The lowest BCUT2D eigenvalue weighted by atomic mass is 9.81. The van der Waals surface area contributed by atoms with Crippen LogP contribution in [0.3, 0.4) is 0 Å². The van der Waals surface area contributed by atoms with Gasteiger partial charge in [-0.2, -0.15) is 0 Å². The molecule has 1 N–H and O–H groups in total. The Bertz CT molecular complexity index is 513. The number of likely N-dealkylation sites (tertiary alicyclic amines) is 1. The number of rotatable bonds is 6. The first-order valence-corrected chi connectivity index (χ1v) is 13.1. The van der Waals surface area contributed by atoms with Crippen molar-refractivity contribution in [2.24, 2.45) is 5.92 Å². The molecule has 29 heavy (non-hydrogen) atoms. The Morgan fingerprint density at radius 3 is 1.86 bits per heavy atom. The summed E-state index contributed by atoms with van der Waals surface area (Å²) < 4.78 is 0. The Morgan fingerprint density at radius 1 is 0.759 bits per heavy atom. The van der Waals surface area contributed by atoms with Crippen molar-refractivity contribution in [1.29, 1.82) is 0 Å². The van der Waals surface area contributed by atoms with E-state index in [1.165, 1.54) is 64.3 Å². The molecule has 3 heterocycles. The van der Waals surface area contributed by atoms with Crippen molar-refractivity contribution in [3.63, 3.8) is 0 Å². The molecule has 0 saturated carbocycles. The van der Waals surface area contributed by atoms with Gasteiger partial charge in [-0.15, -0.1) is 11.8 Å². The highest BCUT2D eigenvalue weighted by Gasteiger charge is 2.38. The van der Waals surface area contributed by atoms with Crippen molar-refractivity contribution < 1.29 is 0 Å². The van der Waals surface area contributed by atoms with E-state index in [9.17, 15) is 0 Å². The molecule has 0 aliphatic carbocycles. The van der Waals surface area contributed by atoms with Crippen molar-refractivity contribution in [3.8, 4) is 0 Å². The van der Waals surface area contributed by atoms with E-state index in [0.717, 1.165) is 24.3 Å². The molecule has 3 aliphatic heterocycles. The predicted molar refractivity (Wildman–Crippen MR) is 129 cm³/mol. The number of thioether (sulfide) groups is 1. The zero-order chi connectivity index (χ0) is 21.3. The van der Waals surface area contributed by atoms with Crippen LogP contribution in [0.1, 0.15) is 74.1 Å². The van der Waals surface area contributed by atoms with E-state index in [2.05, 4.69) is 80.2 Å². The summed E-state index contributed by atoms with van der Waals surface area (Å²) in [5.41, 5.74) is 0.980. The Hall–Kier alpha value is 0.190. The zero-order valence-electron chi connectivity index (χ0n) is 20.4. The SMILES string of the molecule is CC(C)(C)N1CSC(CC(C)(C)N2CCC(CC(C)(C)N3CCNCC3)CC2)C1. The van der Waals surface area contributed by atoms with E-state index in [1.807, 2.05) is 0 Å². The van der Waals surface area contributed by atoms with E-state index >= 15 is 0 Å². The lowest BCUT2D eigenvalue weighted by Gasteiger charge is -2.47. The normalized spacial score (nSPS) is 27.6. The van der Waals surface area contributed by atoms with E-state index in [4.69, 9.17) is 0 Å². The van der Waals surface area contributed by atoms with Gasteiger partial charge in [0.05, 0.1) is 0 Å². The van der Waals surface area contributed by atoms with Crippen LogP contribution in [0, 0.1) is 5.92 Å². The monoisotopic (exact) mass is 424 g/mol. The van der Waals surface area contributed by atoms with Gasteiger partial charge in [0.1, 0.15) is 0 Å².